The predicted molar refractivity (Wildman–Crippen MR) is 118 cm³/mol. The highest BCUT2D eigenvalue weighted by atomic mass is 19.4. The van der Waals surface area contributed by atoms with Crippen LogP contribution in [-0.4, -0.2) is 47.6 Å². The number of fused-ring (bicyclic) bond motifs is 1. The maximum atomic E-state index is 13.9. The van der Waals surface area contributed by atoms with Crippen LogP contribution in [0.1, 0.15) is 23.8 Å². The Morgan fingerprint density at radius 3 is 2.42 bits per heavy atom. The lowest BCUT2D eigenvalue weighted by molar-refractivity contribution is -0.154. The van der Waals surface area contributed by atoms with Crippen LogP contribution in [0.2, 0.25) is 0 Å². The van der Waals surface area contributed by atoms with Crippen molar-refractivity contribution in [2.45, 2.75) is 26.6 Å². The molecule has 2 heterocycles. The average molecular weight is 462 g/mol. The number of aryl methyl sites for hydroxylation is 1. The van der Waals surface area contributed by atoms with E-state index in [1.54, 1.807) is 19.1 Å². The summed E-state index contributed by atoms with van der Waals surface area (Å²) in [6.45, 7) is 7.91. The van der Waals surface area contributed by atoms with Gasteiger partial charge in [0.15, 0.2) is 0 Å². The molecule has 0 unspecified atom stereocenters. The smallest absolute Gasteiger partial charge is 0.453 e. The first-order valence-electron chi connectivity index (χ1n) is 10.8. The molecule has 0 saturated carbocycles. The van der Waals surface area contributed by atoms with E-state index in [-0.39, 0.29) is 34.6 Å². The first kappa shape index (κ1) is 23.1. The zero-order chi connectivity index (χ0) is 23.8. The van der Waals surface area contributed by atoms with Gasteiger partial charge < -0.3 is 19.2 Å². The van der Waals surface area contributed by atoms with Crippen molar-refractivity contribution in [3.8, 4) is 17.2 Å². The van der Waals surface area contributed by atoms with Gasteiger partial charge >= 0.3 is 6.18 Å². The summed E-state index contributed by atoms with van der Waals surface area (Å²) in [5.74, 6) is -2.57. The van der Waals surface area contributed by atoms with Gasteiger partial charge in [-0.1, -0.05) is 19.1 Å². The molecule has 1 aromatic heterocycles. The maximum absolute atomic E-state index is 13.9. The van der Waals surface area contributed by atoms with E-state index < -0.39 is 23.1 Å². The quantitative estimate of drug-likeness (QED) is 0.590. The molecular formula is C24H25F3N2O4. The van der Waals surface area contributed by atoms with Crippen LogP contribution >= 0.6 is 0 Å². The summed E-state index contributed by atoms with van der Waals surface area (Å²) < 4.78 is 52.4. The minimum Gasteiger partial charge on any atom is -0.507 e. The fourth-order valence-electron chi connectivity index (χ4n) is 4.00. The van der Waals surface area contributed by atoms with E-state index in [0.29, 0.717) is 13.1 Å². The minimum absolute atomic E-state index is 0.0781. The lowest BCUT2D eigenvalue weighted by Gasteiger charge is -2.34. The van der Waals surface area contributed by atoms with Crippen LogP contribution < -0.4 is 10.2 Å². The van der Waals surface area contributed by atoms with Gasteiger partial charge in [0.25, 0.3) is 5.76 Å². The first-order valence-corrected chi connectivity index (χ1v) is 10.8. The summed E-state index contributed by atoms with van der Waals surface area (Å²) in [5, 5.41) is 10.4. The molecule has 0 aliphatic carbocycles. The second-order valence-corrected chi connectivity index (χ2v) is 8.16. The molecular weight excluding hydrogens is 437 g/mol. The van der Waals surface area contributed by atoms with Crippen molar-refractivity contribution < 1.29 is 27.4 Å². The number of nitrogens with zero attached hydrogens (tertiary/aromatic N) is 2. The molecule has 6 nitrogen and oxygen atoms in total. The van der Waals surface area contributed by atoms with Gasteiger partial charge in [-0.05, 0) is 43.3 Å². The zero-order valence-corrected chi connectivity index (χ0v) is 18.4. The Hall–Kier alpha value is -3.04. The molecule has 33 heavy (non-hydrogen) atoms. The van der Waals surface area contributed by atoms with Crippen LogP contribution in [0.25, 0.3) is 11.0 Å². The topological polar surface area (TPSA) is 66.2 Å². The number of hydrogen-bond donors (Lipinski definition) is 1. The molecule has 2 aromatic carbocycles. The van der Waals surface area contributed by atoms with Crippen molar-refractivity contribution in [2.24, 2.45) is 0 Å². The predicted octanol–water partition coefficient (Wildman–Crippen LogP) is 4.76. The molecule has 1 saturated heterocycles. The second-order valence-electron chi connectivity index (χ2n) is 8.16. The summed E-state index contributed by atoms with van der Waals surface area (Å²) >= 11 is 0. The number of likely N-dealkylation sites (N-methyl/N-ethyl adjacent to an activating group) is 1. The molecule has 1 N–H and O–H groups in total. The molecule has 0 spiro atoms. The Kier molecular flexibility index (Phi) is 6.36. The highest BCUT2D eigenvalue weighted by Gasteiger charge is 2.41. The maximum Gasteiger partial charge on any atom is 0.453 e. The molecule has 0 radical (unpaired) electrons. The highest BCUT2D eigenvalue weighted by molar-refractivity contribution is 5.83. The number of ether oxygens (including phenoxy) is 1. The number of phenols is 1. The van der Waals surface area contributed by atoms with Crippen LogP contribution in [0.15, 0.2) is 45.6 Å². The van der Waals surface area contributed by atoms with Crippen LogP contribution in [-0.2, 0) is 12.7 Å². The summed E-state index contributed by atoms with van der Waals surface area (Å²) in [6, 6.07) is 8.95. The number of aromatic hydroxyl groups is 1. The Morgan fingerprint density at radius 2 is 1.79 bits per heavy atom. The van der Waals surface area contributed by atoms with E-state index in [4.69, 9.17) is 9.15 Å². The normalized spacial score (nSPS) is 15.8. The lowest BCUT2D eigenvalue weighted by atomic mass is 10.1. The van der Waals surface area contributed by atoms with Crippen molar-refractivity contribution in [1.82, 2.24) is 9.80 Å². The van der Waals surface area contributed by atoms with E-state index >= 15 is 0 Å². The van der Waals surface area contributed by atoms with E-state index in [1.165, 1.54) is 24.3 Å². The molecule has 4 rings (SSSR count). The standard InChI is InChI=1S/C24H25F3N2O4/c1-3-28-9-11-29(12-10-28)14-18-19(30)8-7-17-20(31)22(23(24(25,26)27)33-21(17)18)32-16-6-4-5-15(2)13-16/h4-8,13,30H,3,9-12,14H2,1-2H3. The molecule has 1 aliphatic heterocycles. The molecule has 0 bridgehead atoms. The number of halogens is 3. The van der Waals surface area contributed by atoms with Crippen molar-refractivity contribution in [2.75, 3.05) is 32.7 Å². The van der Waals surface area contributed by atoms with E-state index in [9.17, 15) is 23.1 Å². The van der Waals surface area contributed by atoms with Gasteiger partial charge in [-0.15, -0.1) is 0 Å². The second kappa shape index (κ2) is 9.07. The fourth-order valence-corrected chi connectivity index (χ4v) is 4.00. The summed E-state index contributed by atoms with van der Waals surface area (Å²) in [6.07, 6.45) is -4.97. The lowest BCUT2D eigenvalue weighted by Crippen LogP contribution is -2.45. The van der Waals surface area contributed by atoms with Crippen LogP contribution in [0.3, 0.4) is 0 Å². The number of phenolic OH excluding ortho intramolecular Hbond substituents is 1. The van der Waals surface area contributed by atoms with Crippen LogP contribution in [0.5, 0.6) is 17.2 Å². The molecule has 1 fully saturated rings. The Bertz CT molecular complexity index is 1210. The Balaban J connectivity index is 1.81. The van der Waals surface area contributed by atoms with Gasteiger partial charge in [-0.25, -0.2) is 0 Å². The number of piperazine rings is 1. The highest BCUT2D eigenvalue weighted by Crippen LogP contribution is 2.40. The van der Waals surface area contributed by atoms with Gasteiger partial charge in [0.2, 0.25) is 11.2 Å². The van der Waals surface area contributed by atoms with E-state index in [1.807, 2.05) is 4.90 Å². The molecule has 1 aliphatic rings. The molecule has 9 heteroatoms. The third-order valence-corrected chi connectivity index (χ3v) is 5.86. The van der Waals surface area contributed by atoms with Crippen molar-refractivity contribution >= 4 is 11.0 Å². The molecule has 176 valence electrons. The third kappa shape index (κ3) is 4.84. The monoisotopic (exact) mass is 462 g/mol. The molecule has 3 aromatic rings. The van der Waals surface area contributed by atoms with Crippen LogP contribution in [0.4, 0.5) is 13.2 Å². The van der Waals surface area contributed by atoms with Gasteiger partial charge in [0.05, 0.1) is 10.9 Å². The Labute approximate surface area is 188 Å². The minimum atomic E-state index is -4.97. The van der Waals surface area contributed by atoms with Crippen LogP contribution in [0, 0.1) is 6.92 Å². The third-order valence-electron chi connectivity index (χ3n) is 5.86. The Morgan fingerprint density at radius 1 is 1.09 bits per heavy atom. The molecule has 0 amide bonds. The van der Waals surface area contributed by atoms with Gasteiger partial charge in [0.1, 0.15) is 17.1 Å². The van der Waals surface area contributed by atoms with Crippen molar-refractivity contribution in [1.29, 1.82) is 0 Å². The van der Waals surface area contributed by atoms with E-state index in [2.05, 4.69) is 11.8 Å². The summed E-state index contributed by atoms with van der Waals surface area (Å²) in [7, 11) is 0. The van der Waals surface area contributed by atoms with Gasteiger partial charge in [-0.2, -0.15) is 13.2 Å². The number of alkyl halides is 3. The molecule has 0 atom stereocenters. The van der Waals surface area contributed by atoms with Gasteiger partial charge in [-0.3, -0.25) is 9.69 Å². The summed E-state index contributed by atoms with van der Waals surface area (Å²) in [4.78, 5) is 17.4. The summed E-state index contributed by atoms with van der Waals surface area (Å²) in [5.41, 5.74) is -0.298. The average Bonchev–Trinajstić information content (AvgIpc) is 2.77. The van der Waals surface area contributed by atoms with E-state index in [0.717, 1.165) is 25.2 Å². The largest absolute Gasteiger partial charge is 0.507 e. The number of benzene rings is 2. The zero-order valence-electron chi connectivity index (χ0n) is 18.4. The number of rotatable bonds is 5. The van der Waals surface area contributed by atoms with Gasteiger partial charge in [0, 0.05) is 32.7 Å². The fraction of sp³-hybridized carbons (Fsp3) is 0.375. The SMILES string of the molecule is CCN1CCN(Cc2c(O)ccc3c(=O)c(Oc4cccc(C)c4)c(C(F)(F)F)oc23)CC1. The number of hydrogen-bond acceptors (Lipinski definition) is 6. The first-order chi connectivity index (χ1) is 15.7. The van der Waals surface area contributed by atoms with Crippen molar-refractivity contribution in [3.63, 3.8) is 0 Å². The van der Waals surface area contributed by atoms with Crippen molar-refractivity contribution in [3.05, 3.63) is 63.5 Å².